The van der Waals surface area contributed by atoms with Crippen LogP contribution in [0.15, 0.2) is 10.2 Å². The number of carbonyl (C=O) groups is 2. The second-order valence-corrected chi connectivity index (χ2v) is 3.55. The lowest BCUT2D eigenvalue weighted by Crippen LogP contribution is -2.40. The van der Waals surface area contributed by atoms with Gasteiger partial charge in [0, 0.05) is 6.92 Å². The second-order valence-electron chi connectivity index (χ2n) is 3.55. The second kappa shape index (κ2) is 3.73. The summed E-state index contributed by atoms with van der Waals surface area (Å²) in [5, 5.41) is 18.6. The predicted molar refractivity (Wildman–Crippen MR) is 47.7 cm³/mol. The number of rotatable bonds is 5. The summed E-state index contributed by atoms with van der Waals surface area (Å²) >= 11 is 0. The van der Waals surface area contributed by atoms with E-state index in [0.29, 0.717) is 12.8 Å². The molecular weight excluding hydrogens is 186 g/mol. The monoisotopic (exact) mass is 199 g/mol. The number of carboxylic acid groups (broad SMARTS) is 1. The summed E-state index contributed by atoms with van der Waals surface area (Å²) in [5.41, 5.74) is -0.411. The number of carbonyl (C=O) groups excluding carboxylic acids is 1. The van der Waals surface area contributed by atoms with Crippen LogP contribution in [-0.4, -0.2) is 28.7 Å². The van der Waals surface area contributed by atoms with Crippen molar-refractivity contribution < 1.29 is 14.7 Å². The topological polar surface area (TPSA) is 91.1 Å². The summed E-state index contributed by atoms with van der Waals surface area (Å²) in [6.07, 6.45) is 0.892. The zero-order valence-electron chi connectivity index (χ0n) is 8.15. The summed E-state index contributed by atoms with van der Waals surface area (Å²) in [5.74, 6) is -1.36. The van der Waals surface area contributed by atoms with Crippen molar-refractivity contribution in [2.75, 3.05) is 0 Å². The predicted octanol–water partition coefficient (Wildman–Crippen LogP) is 0.538. The largest absolute Gasteiger partial charge is 0.480 e. The zero-order valence-corrected chi connectivity index (χ0v) is 8.15. The zero-order chi connectivity index (χ0) is 10.8. The van der Waals surface area contributed by atoms with Crippen LogP contribution in [0.4, 0.5) is 0 Å². The highest BCUT2D eigenvalue weighted by Gasteiger charge is 2.35. The molecule has 1 rings (SSSR count). The maximum absolute atomic E-state index is 10.7. The average molecular weight is 199 g/mol. The van der Waals surface area contributed by atoms with Crippen molar-refractivity contribution in [2.24, 2.45) is 10.2 Å². The van der Waals surface area contributed by atoms with E-state index in [1.807, 2.05) is 6.92 Å². The summed E-state index contributed by atoms with van der Waals surface area (Å²) in [6.45, 7) is 3.11. The van der Waals surface area contributed by atoms with Gasteiger partial charge in [0.1, 0.15) is 6.04 Å². The van der Waals surface area contributed by atoms with Crippen LogP contribution in [0.5, 0.6) is 0 Å². The average Bonchev–Trinajstić information content (AvgIpc) is 2.77. The Kier molecular flexibility index (Phi) is 2.83. The van der Waals surface area contributed by atoms with Crippen LogP contribution in [0.3, 0.4) is 0 Å². The number of carboxylic acids is 1. The first-order chi connectivity index (χ1) is 6.43. The number of aliphatic carboxylic acids is 1. The molecule has 1 atom stereocenters. The van der Waals surface area contributed by atoms with Gasteiger partial charge in [-0.3, -0.25) is 4.79 Å². The van der Waals surface area contributed by atoms with Gasteiger partial charge in [-0.15, -0.1) is 0 Å². The van der Waals surface area contributed by atoms with Gasteiger partial charge in [0.15, 0.2) is 5.66 Å². The van der Waals surface area contributed by atoms with Crippen molar-refractivity contribution in [1.29, 1.82) is 0 Å². The van der Waals surface area contributed by atoms with E-state index in [1.165, 1.54) is 6.92 Å². The molecule has 0 spiro atoms. The first-order valence-electron chi connectivity index (χ1n) is 4.37. The molecular formula is C8H13N3O3. The van der Waals surface area contributed by atoms with E-state index < -0.39 is 17.7 Å². The van der Waals surface area contributed by atoms with Gasteiger partial charge in [-0.1, -0.05) is 0 Å². The van der Waals surface area contributed by atoms with Crippen LogP contribution < -0.4 is 5.32 Å². The van der Waals surface area contributed by atoms with Crippen molar-refractivity contribution in [3.63, 3.8) is 0 Å². The fourth-order valence-electron chi connectivity index (χ4n) is 1.11. The smallest absolute Gasteiger partial charge is 0.326 e. The number of nitrogens with zero attached hydrogens (tertiary/aromatic N) is 2. The molecule has 1 heterocycles. The summed E-state index contributed by atoms with van der Waals surface area (Å²) in [6, 6.07) is -0.838. The lowest BCUT2D eigenvalue weighted by atomic mass is 10.1. The van der Waals surface area contributed by atoms with Gasteiger partial charge in [-0.2, -0.15) is 10.2 Å². The van der Waals surface area contributed by atoms with Gasteiger partial charge >= 0.3 is 5.97 Å². The molecule has 0 fully saturated rings. The van der Waals surface area contributed by atoms with E-state index in [2.05, 4.69) is 15.5 Å². The van der Waals surface area contributed by atoms with Crippen LogP contribution >= 0.6 is 0 Å². The van der Waals surface area contributed by atoms with Gasteiger partial charge in [0.25, 0.3) is 0 Å². The van der Waals surface area contributed by atoms with E-state index in [-0.39, 0.29) is 5.91 Å². The molecule has 0 aromatic rings. The quantitative estimate of drug-likeness (QED) is 0.676. The molecule has 6 heteroatoms. The van der Waals surface area contributed by atoms with Gasteiger partial charge < -0.3 is 10.4 Å². The molecule has 6 nitrogen and oxygen atoms in total. The molecule has 0 aromatic heterocycles. The summed E-state index contributed by atoms with van der Waals surface area (Å²) in [7, 11) is 0. The Balaban J connectivity index is 2.35. The number of nitrogens with one attached hydrogen (secondary N) is 1. The van der Waals surface area contributed by atoms with Gasteiger partial charge in [0.2, 0.25) is 5.91 Å². The fraction of sp³-hybridized carbons (Fsp3) is 0.750. The highest BCUT2D eigenvalue weighted by Crippen LogP contribution is 2.32. The molecule has 0 aliphatic carbocycles. The minimum Gasteiger partial charge on any atom is -0.480 e. The third-order valence-electron chi connectivity index (χ3n) is 2.02. The Morgan fingerprint density at radius 2 is 2.07 bits per heavy atom. The van der Waals surface area contributed by atoms with Crippen molar-refractivity contribution in [2.45, 2.75) is 38.4 Å². The molecule has 0 bridgehead atoms. The highest BCUT2D eigenvalue weighted by atomic mass is 16.4. The van der Waals surface area contributed by atoms with E-state index in [0.717, 1.165) is 0 Å². The van der Waals surface area contributed by atoms with Crippen molar-refractivity contribution in [3.8, 4) is 0 Å². The van der Waals surface area contributed by atoms with Crippen LogP contribution in [0.1, 0.15) is 26.7 Å². The van der Waals surface area contributed by atoms with Crippen LogP contribution in [0, 0.1) is 0 Å². The number of amides is 1. The summed E-state index contributed by atoms with van der Waals surface area (Å²) in [4.78, 5) is 21.4. The highest BCUT2D eigenvalue weighted by molar-refractivity contribution is 5.81. The number of hydrogen-bond acceptors (Lipinski definition) is 4. The Bertz CT molecular complexity index is 282. The van der Waals surface area contributed by atoms with Crippen LogP contribution in [-0.2, 0) is 9.59 Å². The third kappa shape index (κ3) is 3.12. The van der Waals surface area contributed by atoms with Gasteiger partial charge in [-0.05, 0) is 19.8 Å². The lowest BCUT2D eigenvalue weighted by molar-refractivity contribution is -0.141. The SMILES string of the molecule is CC(=O)NC(CCC1(C)N=N1)C(=O)O. The van der Waals surface area contributed by atoms with Crippen molar-refractivity contribution in [3.05, 3.63) is 0 Å². The Morgan fingerprint density at radius 3 is 2.43 bits per heavy atom. The molecule has 78 valence electrons. The molecule has 2 N–H and O–H groups in total. The Labute approximate surface area is 81.4 Å². The standard InChI is InChI=1S/C8H13N3O3/c1-5(12)9-6(7(13)14)3-4-8(2)10-11-8/h6H,3-4H2,1-2H3,(H,9,12)(H,13,14). The van der Waals surface area contributed by atoms with Crippen LogP contribution in [0.2, 0.25) is 0 Å². The maximum atomic E-state index is 10.7. The first kappa shape index (κ1) is 10.6. The minimum atomic E-state index is -1.02. The molecule has 0 saturated heterocycles. The molecule has 0 radical (unpaired) electrons. The first-order valence-corrected chi connectivity index (χ1v) is 4.37. The Hall–Kier alpha value is -1.46. The third-order valence-corrected chi connectivity index (χ3v) is 2.02. The molecule has 1 aliphatic heterocycles. The van der Waals surface area contributed by atoms with Gasteiger partial charge in [0.05, 0.1) is 0 Å². The van der Waals surface area contributed by atoms with E-state index in [4.69, 9.17) is 5.11 Å². The molecule has 0 saturated carbocycles. The number of hydrogen-bond donors (Lipinski definition) is 2. The maximum Gasteiger partial charge on any atom is 0.326 e. The van der Waals surface area contributed by atoms with E-state index >= 15 is 0 Å². The molecule has 1 aliphatic rings. The molecule has 0 aromatic carbocycles. The van der Waals surface area contributed by atoms with Gasteiger partial charge in [-0.25, -0.2) is 4.79 Å². The van der Waals surface area contributed by atoms with Crippen molar-refractivity contribution in [1.82, 2.24) is 5.32 Å². The molecule has 1 amide bonds. The summed E-state index contributed by atoms with van der Waals surface area (Å²) < 4.78 is 0. The minimum absolute atomic E-state index is 0.341. The van der Waals surface area contributed by atoms with Crippen LogP contribution in [0.25, 0.3) is 0 Å². The van der Waals surface area contributed by atoms with E-state index in [1.54, 1.807) is 0 Å². The Morgan fingerprint density at radius 1 is 1.50 bits per heavy atom. The van der Waals surface area contributed by atoms with Crippen molar-refractivity contribution >= 4 is 11.9 Å². The lowest BCUT2D eigenvalue weighted by Gasteiger charge is -2.13. The van der Waals surface area contributed by atoms with E-state index in [9.17, 15) is 9.59 Å². The molecule has 1 unspecified atom stereocenters. The normalized spacial score (nSPS) is 18.7. The molecule has 14 heavy (non-hydrogen) atoms. The fourth-order valence-corrected chi connectivity index (χ4v) is 1.11.